The molecule has 10 aromatic rings. The van der Waals surface area contributed by atoms with Crippen LogP contribution in [0.15, 0.2) is 133 Å². The average molecular weight is 577 g/mol. The average Bonchev–Trinajstić information content (AvgIpc) is 3.61. The lowest BCUT2D eigenvalue weighted by Gasteiger charge is -2.25. The molecule has 6 aromatic carbocycles. The van der Waals surface area contributed by atoms with Crippen molar-refractivity contribution in [1.29, 1.82) is 0 Å². The third-order valence-corrected chi connectivity index (χ3v) is 9.55. The predicted molar refractivity (Wildman–Crippen MR) is 189 cm³/mol. The lowest BCUT2D eigenvalue weighted by Crippen LogP contribution is -2.12. The van der Waals surface area contributed by atoms with E-state index in [0.29, 0.717) is 0 Å². The molecule has 0 radical (unpaired) electrons. The van der Waals surface area contributed by atoms with Gasteiger partial charge in [0.05, 0.1) is 27.6 Å². The fourth-order valence-corrected chi connectivity index (χ4v) is 7.56. The van der Waals surface area contributed by atoms with Gasteiger partial charge >= 0.3 is 0 Å². The van der Waals surface area contributed by atoms with E-state index in [1.807, 2.05) is 0 Å². The summed E-state index contributed by atoms with van der Waals surface area (Å²) in [5.74, 6) is 0.879. The van der Waals surface area contributed by atoms with Gasteiger partial charge in [0.25, 0.3) is 0 Å². The van der Waals surface area contributed by atoms with Crippen LogP contribution in [0.3, 0.4) is 0 Å². The Bertz CT molecular complexity index is 2710. The van der Waals surface area contributed by atoms with Crippen molar-refractivity contribution in [2.75, 3.05) is 4.90 Å². The summed E-state index contributed by atoms with van der Waals surface area (Å²) in [6.07, 6.45) is 0. The highest BCUT2D eigenvalue weighted by Gasteiger charge is 2.26. The number of aromatic nitrogens is 3. The van der Waals surface area contributed by atoms with Crippen LogP contribution >= 0.6 is 0 Å². The van der Waals surface area contributed by atoms with E-state index >= 15 is 0 Å². The first-order chi connectivity index (χ1) is 22.2. The second-order valence-corrected chi connectivity index (χ2v) is 12.2. The van der Waals surface area contributed by atoms with Gasteiger partial charge in [0.2, 0.25) is 0 Å². The molecule has 0 N–H and O–H groups in total. The number of nitrogens with zero attached hydrogens (tertiary/aromatic N) is 4. The van der Waals surface area contributed by atoms with Crippen molar-refractivity contribution in [2.45, 2.75) is 13.8 Å². The van der Waals surface area contributed by atoms with Crippen molar-refractivity contribution in [2.24, 2.45) is 0 Å². The molecule has 0 amide bonds. The number of para-hydroxylation sites is 2. The predicted octanol–water partition coefficient (Wildman–Crippen LogP) is 10.9. The topological polar surface area (TPSA) is 25.0 Å². The highest BCUT2D eigenvalue weighted by Crippen LogP contribution is 2.47. The quantitative estimate of drug-likeness (QED) is 0.195. The summed E-state index contributed by atoms with van der Waals surface area (Å²) in [5, 5.41) is 7.66. The van der Waals surface area contributed by atoms with Crippen LogP contribution in [0.2, 0.25) is 0 Å². The molecule has 212 valence electrons. The molecule has 4 nitrogen and oxygen atoms in total. The maximum Gasteiger partial charge on any atom is 0.164 e. The normalized spacial score (nSPS) is 12.2. The van der Waals surface area contributed by atoms with Crippen molar-refractivity contribution in [3.8, 4) is 0 Å². The minimum absolute atomic E-state index is 0.879. The van der Waals surface area contributed by atoms with Gasteiger partial charge in [0, 0.05) is 32.9 Å². The lowest BCUT2D eigenvalue weighted by atomic mass is 9.98. The van der Waals surface area contributed by atoms with Crippen molar-refractivity contribution in [3.05, 3.63) is 145 Å². The van der Waals surface area contributed by atoms with Crippen molar-refractivity contribution in [1.82, 2.24) is 13.8 Å². The lowest BCUT2D eigenvalue weighted by molar-refractivity contribution is 1.15. The van der Waals surface area contributed by atoms with Gasteiger partial charge in [-0.3, -0.25) is 9.30 Å². The van der Waals surface area contributed by atoms with Crippen LogP contribution in [0.4, 0.5) is 17.2 Å². The molecule has 10 rings (SSSR count). The van der Waals surface area contributed by atoms with Crippen LogP contribution < -0.4 is 4.90 Å². The summed E-state index contributed by atoms with van der Waals surface area (Å²) >= 11 is 0. The fraction of sp³-hybridized carbons (Fsp3) is 0.0488. The third kappa shape index (κ3) is 3.23. The van der Waals surface area contributed by atoms with Crippen molar-refractivity contribution in [3.63, 3.8) is 0 Å². The Balaban J connectivity index is 1.43. The molecule has 0 bridgehead atoms. The molecular weight excluding hydrogens is 548 g/mol. The van der Waals surface area contributed by atoms with E-state index in [0.717, 1.165) is 28.4 Å². The number of fused-ring (bicyclic) bond motifs is 12. The van der Waals surface area contributed by atoms with Crippen LogP contribution in [0.1, 0.15) is 11.1 Å². The summed E-state index contributed by atoms with van der Waals surface area (Å²) in [4.78, 5) is 7.84. The fourth-order valence-electron chi connectivity index (χ4n) is 7.56. The zero-order chi connectivity index (χ0) is 29.8. The van der Waals surface area contributed by atoms with Crippen LogP contribution in [0.25, 0.3) is 65.5 Å². The highest BCUT2D eigenvalue weighted by atomic mass is 15.2. The molecule has 4 heteroatoms. The van der Waals surface area contributed by atoms with Crippen molar-refractivity contribution >= 4 is 82.7 Å². The molecule has 45 heavy (non-hydrogen) atoms. The first kappa shape index (κ1) is 24.6. The monoisotopic (exact) mass is 576 g/mol. The second-order valence-electron chi connectivity index (χ2n) is 12.2. The molecule has 0 spiro atoms. The summed E-state index contributed by atoms with van der Waals surface area (Å²) in [5.41, 5.74) is 11.5. The molecule has 0 aliphatic carbocycles. The van der Waals surface area contributed by atoms with E-state index in [2.05, 4.69) is 161 Å². The smallest absolute Gasteiger partial charge is 0.164 e. The van der Waals surface area contributed by atoms with Gasteiger partial charge in [0.1, 0.15) is 5.82 Å². The van der Waals surface area contributed by atoms with Gasteiger partial charge in [-0.15, -0.1) is 0 Å². The van der Waals surface area contributed by atoms with Crippen LogP contribution in [-0.4, -0.2) is 13.8 Å². The van der Waals surface area contributed by atoms with E-state index in [9.17, 15) is 0 Å². The van der Waals surface area contributed by atoms with Gasteiger partial charge in [-0.1, -0.05) is 96.1 Å². The Morgan fingerprint density at radius 3 is 1.47 bits per heavy atom. The first-order valence-corrected chi connectivity index (χ1v) is 15.5. The van der Waals surface area contributed by atoms with E-state index < -0.39 is 0 Å². The van der Waals surface area contributed by atoms with E-state index in [1.165, 1.54) is 65.5 Å². The molecule has 0 saturated carbocycles. The van der Waals surface area contributed by atoms with E-state index in [4.69, 9.17) is 4.98 Å². The molecule has 0 atom stereocenters. The second kappa shape index (κ2) is 8.84. The first-order valence-electron chi connectivity index (χ1n) is 15.5. The highest BCUT2D eigenvalue weighted by molar-refractivity contribution is 6.37. The van der Waals surface area contributed by atoms with E-state index in [-0.39, 0.29) is 0 Å². The van der Waals surface area contributed by atoms with Gasteiger partial charge in [-0.25, -0.2) is 4.98 Å². The molecule has 4 heterocycles. The number of anilines is 3. The summed E-state index contributed by atoms with van der Waals surface area (Å²) in [6.45, 7) is 4.26. The molecule has 0 aliphatic heterocycles. The Morgan fingerprint density at radius 2 is 0.911 bits per heavy atom. The molecule has 0 fully saturated rings. The Labute approximate surface area is 259 Å². The number of aryl methyl sites for hydroxylation is 2. The number of benzene rings is 6. The molecule has 0 unspecified atom stereocenters. The number of hydrogen-bond acceptors (Lipinski definition) is 2. The number of rotatable bonds is 3. The zero-order valence-electron chi connectivity index (χ0n) is 25.0. The number of pyridine rings is 1. The van der Waals surface area contributed by atoms with Crippen LogP contribution in [0, 0.1) is 13.8 Å². The minimum Gasteiger partial charge on any atom is -0.304 e. The van der Waals surface area contributed by atoms with Gasteiger partial charge in [0.15, 0.2) is 5.65 Å². The third-order valence-electron chi connectivity index (χ3n) is 9.55. The Morgan fingerprint density at radius 1 is 0.444 bits per heavy atom. The summed E-state index contributed by atoms with van der Waals surface area (Å²) in [7, 11) is 0. The summed E-state index contributed by atoms with van der Waals surface area (Å²) < 4.78 is 4.87. The van der Waals surface area contributed by atoms with E-state index in [1.54, 1.807) is 0 Å². The van der Waals surface area contributed by atoms with Crippen LogP contribution in [-0.2, 0) is 0 Å². The summed E-state index contributed by atoms with van der Waals surface area (Å²) in [6, 6.07) is 48.3. The SMILES string of the molecule is Cc1ccc(N(c2ccc(C)cc2)c2ccc3c(n2)n2c4ccccc4c4c5ccccc5c5c6ccccc6n3c5c42)cc1. The maximum atomic E-state index is 5.58. The molecule has 0 aliphatic rings. The molecule has 0 saturated heterocycles. The minimum atomic E-state index is 0.879. The number of hydrogen-bond donors (Lipinski definition) is 0. The van der Waals surface area contributed by atoms with Crippen molar-refractivity contribution < 1.29 is 0 Å². The largest absolute Gasteiger partial charge is 0.304 e. The maximum absolute atomic E-state index is 5.58. The molecular formula is C41H28N4. The van der Waals surface area contributed by atoms with Gasteiger partial charge in [-0.2, -0.15) is 0 Å². The van der Waals surface area contributed by atoms with Gasteiger partial charge < -0.3 is 4.40 Å². The molecule has 4 aromatic heterocycles. The zero-order valence-corrected chi connectivity index (χ0v) is 25.0. The van der Waals surface area contributed by atoms with Gasteiger partial charge in [-0.05, 0) is 73.2 Å². The standard InChI is InChI=1S/C41H28N4/c1-25-15-19-27(20-16-25)43(28-21-17-26(2)18-22-28)36-24-23-35-41(42-36)45-34-14-8-6-12-32(34)38-30-10-4-3-9-29(30)37-31-11-5-7-13-33(31)44(35)39(37)40(38)45/h3-24H,1-2H3. The van der Waals surface area contributed by atoms with Crippen LogP contribution in [0.5, 0.6) is 0 Å². The Hall–Kier alpha value is -5.87. The Kier molecular flexibility index (Phi) is 4.82.